The van der Waals surface area contributed by atoms with Gasteiger partial charge in [0.25, 0.3) is 0 Å². The molecule has 2 aromatic heterocycles. The molecule has 0 amide bonds. The molecule has 2 N–H and O–H groups in total. The molecule has 0 fully saturated rings. The van der Waals surface area contributed by atoms with Crippen molar-refractivity contribution in [3.63, 3.8) is 0 Å². The van der Waals surface area contributed by atoms with Crippen molar-refractivity contribution in [2.45, 2.75) is 12.8 Å². The third kappa shape index (κ3) is 5.50. The Morgan fingerprint density at radius 1 is 0.667 bits per heavy atom. The first kappa shape index (κ1) is 24.6. The zero-order chi connectivity index (χ0) is 24.9. The van der Waals surface area contributed by atoms with Crippen LogP contribution in [0.1, 0.15) is 11.6 Å². The molecule has 0 saturated heterocycles. The molecule has 0 spiro atoms. The zero-order valence-corrected chi connectivity index (χ0v) is 23.1. The highest BCUT2D eigenvalue weighted by Gasteiger charge is 2.15. The summed E-state index contributed by atoms with van der Waals surface area (Å²) in [7, 11) is 0. The SMILES string of the molecule is S=c1[nH]nc(CCN(CCc2n[nH]c(=S)n2-c2ccccc2)c2ccc(I)cc2)n1-c1ccccc1. The van der Waals surface area contributed by atoms with Crippen LogP contribution in [0.25, 0.3) is 11.4 Å². The number of rotatable bonds is 9. The average Bonchev–Trinajstić information content (AvgIpc) is 3.47. The Labute approximate surface area is 233 Å². The number of nitrogens with zero attached hydrogens (tertiary/aromatic N) is 5. The molecule has 0 radical (unpaired) electrons. The second kappa shape index (κ2) is 11.3. The molecule has 10 heteroatoms. The van der Waals surface area contributed by atoms with Gasteiger partial charge in [0.2, 0.25) is 0 Å². The van der Waals surface area contributed by atoms with Crippen LogP contribution >= 0.6 is 47.0 Å². The van der Waals surface area contributed by atoms with E-state index in [0.29, 0.717) is 9.54 Å². The van der Waals surface area contributed by atoms with Crippen LogP contribution in [-0.2, 0) is 12.8 Å². The van der Waals surface area contributed by atoms with Crippen LogP contribution in [0.2, 0.25) is 0 Å². The van der Waals surface area contributed by atoms with Gasteiger partial charge >= 0.3 is 0 Å². The van der Waals surface area contributed by atoms with Gasteiger partial charge in [0.05, 0.1) is 0 Å². The Kier molecular flexibility index (Phi) is 7.73. The molecule has 0 aliphatic heterocycles. The molecule has 0 aliphatic rings. The van der Waals surface area contributed by atoms with Crippen LogP contribution in [0.4, 0.5) is 5.69 Å². The Bertz CT molecular complexity index is 1440. The molecule has 5 aromatic rings. The first-order valence-corrected chi connectivity index (χ1v) is 13.4. The van der Waals surface area contributed by atoms with Crippen molar-refractivity contribution >= 4 is 52.7 Å². The number of hydrogen-bond acceptors (Lipinski definition) is 5. The van der Waals surface area contributed by atoms with Gasteiger partial charge in [-0.1, -0.05) is 36.4 Å². The van der Waals surface area contributed by atoms with Gasteiger partial charge in [0, 0.05) is 46.6 Å². The summed E-state index contributed by atoms with van der Waals surface area (Å²) in [4.78, 5) is 2.36. The van der Waals surface area contributed by atoms with Crippen molar-refractivity contribution in [2.24, 2.45) is 0 Å². The summed E-state index contributed by atoms with van der Waals surface area (Å²) in [6, 6.07) is 28.7. The fraction of sp³-hybridized carbons (Fsp3) is 0.154. The van der Waals surface area contributed by atoms with Gasteiger partial charge in [-0.15, -0.1) is 0 Å². The van der Waals surface area contributed by atoms with E-state index in [1.54, 1.807) is 0 Å². The number of nitrogens with one attached hydrogen (secondary N) is 2. The van der Waals surface area contributed by atoms with Crippen LogP contribution in [0.15, 0.2) is 84.9 Å². The number of aromatic nitrogens is 6. The summed E-state index contributed by atoms with van der Waals surface area (Å²) in [6.07, 6.45) is 1.44. The maximum Gasteiger partial charge on any atom is 0.199 e. The van der Waals surface area contributed by atoms with Crippen LogP contribution < -0.4 is 4.90 Å². The van der Waals surface area contributed by atoms with E-state index in [1.807, 2.05) is 69.8 Å². The smallest absolute Gasteiger partial charge is 0.199 e. The highest BCUT2D eigenvalue weighted by molar-refractivity contribution is 14.1. The third-order valence-corrected chi connectivity index (χ3v) is 7.18. The minimum atomic E-state index is 0.593. The van der Waals surface area contributed by atoms with E-state index in [9.17, 15) is 0 Å². The Morgan fingerprint density at radius 3 is 1.56 bits per heavy atom. The summed E-state index contributed by atoms with van der Waals surface area (Å²) in [6.45, 7) is 1.53. The minimum Gasteiger partial charge on any atom is -0.371 e. The van der Waals surface area contributed by atoms with E-state index in [2.05, 4.69) is 72.2 Å². The largest absolute Gasteiger partial charge is 0.371 e. The number of para-hydroxylation sites is 2. The fourth-order valence-electron chi connectivity index (χ4n) is 4.17. The van der Waals surface area contributed by atoms with E-state index in [0.717, 1.165) is 54.6 Å². The fourth-order valence-corrected chi connectivity index (χ4v) is 5.05. The third-order valence-electron chi connectivity index (χ3n) is 5.91. The summed E-state index contributed by atoms with van der Waals surface area (Å²) in [5.74, 6) is 1.79. The molecular formula is C26H24IN7S2. The van der Waals surface area contributed by atoms with Gasteiger partial charge in [-0.3, -0.25) is 19.3 Å². The number of hydrogen-bond donors (Lipinski definition) is 2. The quantitative estimate of drug-likeness (QED) is 0.154. The molecule has 36 heavy (non-hydrogen) atoms. The average molecular weight is 626 g/mol. The number of aromatic amines is 2. The monoisotopic (exact) mass is 625 g/mol. The van der Waals surface area contributed by atoms with E-state index in [4.69, 9.17) is 24.4 Å². The molecule has 0 saturated carbocycles. The number of halogens is 1. The predicted octanol–water partition coefficient (Wildman–Crippen LogP) is 6.07. The minimum absolute atomic E-state index is 0.593. The normalized spacial score (nSPS) is 11.0. The van der Waals surface area contributed by atoms with E-state index in [-0.39, 0.29) is 0 Å². The number of benzene rings is 3. The molecule has 0 atom stereocenters. The number of anilines is 1. The first-order valence-electron chi connectivity index (χ1n) is 11.5. The van der Waals surface area contributed by atoms with Gasteiger partial charge in [-0.25, -0.2) is 0 Å². The van der Waals surface area contributed by atoms with Crippen LogP contribution in [-0.4, -0.2) is 42.6 Å². The lowest BCUT2D eigenvalue weighted by Gasteiger charge is -2.25. The highest BCUT2D eigenvalue weighted by atomic mass is 127. The molecule has 5 rings (SSSR count). The lowest BCUT2D eigenvalue weighted by atomic mass is 10.2. The Balaban J connectivity index is 1.39. The van der Waals surface area contributed by atoms with Crippen molar-refractivity contribution in [3.8, 4) is 11.4 Å². The predicted molar refractivity (Wildman–Crippen MR) is 156 cm³/mol. The molecule has 2 heterocycles. The molecular weight excluding hydrogens is 601 g/mol. The first-order chi connectivity index (χ1) is 17.6. The molecule has 0 bridgehead atoms. The zero-order valence-electron chi connectivity index (χ0n) is 19.3. The molecule has 0 unspecified atom stereocenters. The van der Waals surface area contributed by atoms with Gasteiger partial charge < -0.3 is 4.90 Å². The molecule has 7 nitrogen and oxygen atoms in total. The topological polar surface area (TPSA) is 70.5 Å². The summed E-state index contributed by atoms with van der Waals surface area (Å²) in [5, 5.41) is 15.0. The van der Waals surface area contributed by atoms with Crippen molar-refractivity contribution in [2.75, 3.05) is 18.0 Å². The van der Waals surface area contributed by atoms with Gasteiger partial charge in [0.15, 0.2) is 9.54 Å². The summed E-state index contributed by atoms with van der Waals surface area (Å²) < 4.78 is 6.39. The van der Waals surface area contributed by atoms with Crippen molar-refractivity contribution in [1.29, 1.82) is 0 Å². The molecule has 182 valence electrons. The molecule has 3 aromatic carbocycles. The second-order valence-corrected chi connectivity index (χ2v) is 10.2. The maximum absolute atomic E-state index is 5.53. The van der Waals surface area contributed by atoms with Gasteiger partial charge in [-0.2, -0.15) is 10.2 Å². The van der Waals surface area contributed by atoms with Crippen LogP contribution in [0.5, 0.6) is 0 Å². The van der Waals surface area contributed by atoms with Crippen LogP contribution in [0.3, 0.4) is 0 Å². The highest BCUT2D eigenvalue weighted by Crippen LogP contribution is 2.19. The van der Waals surface area contributed by atoms with E-state index in [1.165, 1.54) is 3.57 Å². The van der Waals surface area contributed by atoms with Crippen molar-refractivity contribution in [3.05, 3.63) is 110 Å². The standard InChI is InChI=1S/C26H24IN7S2/c27-19-11-13-20(14-12-19)32(17-15-23-28-30-25(35)33(23)21-7-3-1-4-8-21)18-16-24-29-31-26(36)34(24)22-9-5-2-6-10-22/h1-14H,15-18H2,(H,30,35)(H,31,36). The van der Waals surface area contributed by atoms with Gasteiger partial charge in [-0.05, 0) is 95.6 Å². The maximum atomic E-state index is 5.53. The molecule has 0 aliphatic carbocycles. The number of H-pyrrole nitrogens is 2. The van der Waals surface area contributed by atoms with E-state index < -0.39 is 0 Å². The second-order valence-electron chi connectivity index (χ2n) is 8.20. The Morgan fingerprint density at radius 2 is 1.11 bits per heavy atom. The van der Waals surface area contributed by atoms with Crippen molar-refractivity contribution in [1.82, 2.24) is 29.5 Å². The summed E-state index contributed by atoms with van der Waals surface area (Å²) in [5.41, 5.74) is 3.16. The lowest BCUT2D eigenvalue weighted by Crippen LogP contribution is -2.29. The van der Waals surface area contributed by atoms with Crippen LogP contribution in [0, 0.1) is 13.1 Å². The lowest BCUT2D eigenvalue weighted by molar-refractivity contribution is 0.712. The van der Waals surface area contributed by atoms with E-state index >= 15 is 0 Å². The summed E-state index contributed by atoms with van der Waals surface area (Å²) >= 11 is 13.4. The van der Waals surface area contributed by atoms with Gasteiger partial charge in [0.1, 0.15) is 11.6 Å². The Hall–Kier alpha value is -3.09. The van der Waals surface area contributed by atoms with Crippen molar-refractivity contribution < 1.29 is 0 Å².